The van der Waals surface area contributed by atoms with Crippen LogP contribution in [-0.4, -0.2) is 8.07 Å². The molecule has 1 heteroatoms. The molecule has 0 aromatic heterocycles. The molecule has 47 heavy (non-hydrogen) atoms. The van der Waals surface area contributed by atoms with Crippen LogP contribution in [0.1, 0.15) is 0 Å². The number of hydrogen-bond acceptors (Lipinski definition) is 0. The summed E-state index contributed by atoms with van der Waals surface area (Å²) < 4.78 is 0. The molecule has 0 unspecified atom stereocenters. The van der Waals surface area contributed by atoms with Crippen LogP contribution in [0.4, 0.5) is 0 Å². The van der Waals surface area contributed by atoms with Gasteiger partial charge in [0.1, 0.15) is 8.07 Å². The van der Waals surface area contributed by atoms with E-state index in [2.05, 4.69) is 183 Å². The third-order valence-corrected chi connectivity index (χ3v) is 13.8. The number of rotatable bonds is 4. The molecule has 0 atom stereocenters. The normalized spacial score (nSPS) is 12.0. The van der Waals surface area contributed by atoms with Gasteiger partial charge < -0.3 is 0 Å². The summed E-state index contributed by atoms with van der Waals surface area (Å²) in [4.78, 5) is 0. The summed E-state index contributed by atoms with van der Waals surface area (Å²) >= 11 is 0. The molecule has 0 radical (unpaired) electrons. The van der Waals surface area contributed by atoms with E-state index in [4.69, 9.17) is 0 Å². The Hall–Kier alpha value is -5.50. The second-order valence-corrected chi connectivity index (χ2v) is 17.7. The van der Waals surface area contributed by atoms with Crippen LogP contribution >= 0.6 is 0 Å². The van der Waals surface area contributed by atoms with E-state index in [0.717, 1.165) is 0 Å². The standard InChI is InChI=1S/C46H34Si/c1-47(2,36-26-25-32-14-4-6-16-34(32)30-36)44-28-27-43(37-17-7-8-18-38(37)44)46-41-21-11-9-19-39(41)45(40-20-10-12-22-42(40)46)35-24-23-31-13-3-5-15-33(31)29-35/h3-30H,1-2H3. The topological polar surface area (TPSA) is 0 Å². The van der Waals surface area contributed by atoms with Crippen molar-refractivity contribution in [3.8, 4) is 22.3 Å². The summed E-state index contributed by atoms with van der Waals surface area (Å²) in [6.07, 6.45) is 0. The molecule has 0 aliphatic heterocycles. The Morgan fingerprint density at radius 3 is 1.43 bits per heavy atom. The van der Waals surface area contributed by atoms with E-state index < -0.39 is 8.07 Å². The lowest BCUT2D eigenvalue weighted by molar-refractivity contribution is 1.68. The van der Waals surface area contributed by atoms with Gasteiger partial charge in [-0.05, 0) is 87.4 Å². The largest absolute Gasteiger partial charge is 0.113 e. The van der Waals surface area contributed by atoms with Gasteiger partial charge >= 0.3 is 0 Å². The van der Waals surface area contributed by atoms with Gasteiger partial charge in [-0.15, -0.1) is 0 Å². The van der Waals surface area contributed by atoms with Crippen LogP contribution in [0.3, 0.4) is 0 Å². The maximum Gasteiger partial charge on any atom is 0.113 e. The first-order valence-corrected chi connectivity index (χ1v) is 19.5. The maximum absolute atomic E-state index is 2.50. The van der Waals surface area contributed by atoms with Crippen LogP contribution in [0.2, 0.25) is 13.1 Å². The van der Waals surface area contributed by atoms with Gasteiger partial charge in [0.25, 0.3) is 0 Å². The van der Waals surface area contributed by atoms with Gasteiger partial charge in [0, 0.05) is 0 Å². The Morgan fingerprint density at radius 1 is 0.340 bits per heavy atom. The molecule has 222 valence electrons. The van der Waals surface area contributed by atoms with Crippen LogP contribution in [0.25, 0.3) is 76.1 Å². The van der Waals surface area contributed by atoms with Crippen molar-refractivity contribution < 1.29 is 0 Å². The first-order valence-electron chi connectivity index (χ1n) is 16.5. The predicted molar refractivity (Wildman–Crippen MR) is 208 cm³/mol. The molecule has 0 N–H and O–H groups in total. The summed E-state index contributed by atoms with van der Waals surface area (Å²) in [5.41, 5.74) is 5.17. The lowest BCUT2D eigenvalue weighted by Gasteiger charge is -2.27. The molecule has 0 amide bonds. The van der Waals surface area contributed by atoms with Crippen molar-refractivity contribution in [1.82, 2.24) is 0 Å². The van der Waals surface area contributed by atoms with E-state index in [-0.39, 0.29) is 0 Å². The van der Waals surface area contributed by atoms with E-state index in [1.54, 1.807) is 0 Å². The van der Waals surface area contributed by atoms with Crippen LogP contribution in [0, 0.1) is 0 Å². The van der Waals surface area contributed by atoms with Gasteiger partial charge in [-0.25, -0.2) is 0 Å². The Kier molecular flexibility index (Phi) is 6.38. The third kappa shape index (κ3) is 4.42. The molecule has 0 saturated heterocycles. The van der Waals surface area contributed by atoms with Crippen molar-refractivity contribution in [2.24, 2.45) is 0 Å². The molecular formula is C46H34Si. The number of hydrogen-bond donors (Lipinski definition) is 0. The third-order valence-electron chi connectivity index (χ3n) is 10.3. The molecule has 9 aromatic rings. The minimum absolute atomic E-state index is 1.26. The highest BCUT2D eigenvalue weighted by Gasteiger charge is 2.29. The summed E-state index contributed by atoms with van der Waals surface area (Å²) in [7, 11) is -2.04. The number of benzene rings is 9. The quantitative estimate of drug-likeness (QED) is 0.137. The Labute approximate surface area is 276 Å². The predicted octanol–water partition coefficient (Wildman–Crippen LogP) is 11.6. The van der Waals surface area contributed by atoms with E-state index in [0.29, 0.717) is 0 Å². The van der Waals surface area contributed by atoms with Crippen molar-refractivity contribution in [2.45, 2.75) is 13.1 Å². The van der Waals surface area contributed by atoms with Crippen LogP contribution < -0.4 is 10.4 Å². The Morgan fingerprint density at radius 2 is 0.809 bits per heavy atom. The van der Waals surface area contributed by atoms with Crippen molar-refractivity contribution >= 4 is 72.3 Å². The smallest absolute Gasteiger partial charge is 0.0620 e. The van der Waals surface area contributed by atoms with Gasteiger partial charge in [0.2, 0.25) is 0 Å². The van der Waals surface area contributed by atoms with E-state index in [1.165, 1.54) is 86.5 Å². The van der Waals surface area contributed by atoms with Crippen molar-refractivity contribution in [3.05, 3.63) is 170 Å². The molecular weight excluding hydrogens is 581 g/mol. The maximum atomic E-state index is 2.50. The lowest BCUT2D eigenvalue weighted by atomic mass is 9.84. The average Bonchev–Trinajstić information content (AvgIpc) is 3.13. The molecule has 9 rings (SSSR count). The molecule has 0 saturated carbocycles. The monoisotopic (exact) mass is 614 g/mol. The second kappa shape index (κ2) is 10.8. The Balaban J connectivity index is 1.31. The minimum atomic E-state index is -2.04. The van der Waals surface area contributed by atoms with Crippen LogP contribution in [0.5, 0.6) is 0 Å². The highest BCUT2D eigenvalue weighted by Crippen LogP contribution is 2.45. The average molecular weight is 615 g/mol. The SMILES string of the molecule is C[Si](C)(c1ccc2ccccc2c1)c1ccc(-c2c3ccccc3c(-c3ccc4ccccc4c3)c3ccccc23)c2ccccc12. The highest BCUT2D eigenvalue weighted by molar-refractivity contribution is 7.01. The second-order valence-electron chi connectivity index (χ2n) is 13.3. The molecule has 0 aliphatic rings. The Bertz CT molecular complexity index is 2600. The molecule has 0 fully saturated rings. The summed E-state index contributed by atoms with van der Waals surface area (Å²) in [5, 5.41) is 15.9. The fourth-order valence-electron chi connectivity index (χ4n) is 7.87. The van der Waals surface area contributed by atoms with Gasteiger partial charge in [-0.3, -0.25) is 0 Å². The zero-order valence-corrected chi connectivity index (χ0v) is 27.7. The van der Waals surface area contributed by atoms with Gasteiger partial charge in [-0.1, -0.05) is 182 Å². The first kappa shape index (κ1) is 27.8. The van der Waals surface area contributed by atoms with E-state index in [1.807, 2.05) is 0 Å². The van der Waals surface area contributed by atoms with Gasteiger partial charge in [0.15, 0.2) is 0 Å². The molecule has 0 aliphatic carbocycles. The number of fused-ring (bicyclic) bond motifs is 5. The molecule has 0 heterocycles. The van der Waals surface area contributed by atoms with E-state index in [9.17, 15) is 0 Å². The van der Waals surface area contributed by atoms with Crippen molar-refractivity contribution in [2.75, 3.05) is 0 Å². The zero-order chi connectivity index (χ0) is 31.5. The lowest BCUT2D eigenvalue weighted by Crippen LogP contribution is -2.53. The molecule has 0 nitrogen and oxygen atoms in total. The molecule has 0 spiro atoms. The summed E-state index contributed by atoms with van der Waals surface area (Å²) in [5.74, 6) is 0. The molecule has 0 bridgehead atoms. The highest BCUT2D eigenvalue weighted by atomic mass is 28.3. The van der Waals surface area contributed by atoms with Gasteiger partial charge in [0.05, 0.1) is 0 Å². The molecule has 9 aromatic carbocycles. The van der Waals surface area contributed by atoms with Crippen molar-refractivity contribution in [1.29, 1.82) is 0 Å². The zero-order valence-electron chi connectivity index (χ0n) is 26.7. The van der Waals surface area contributed by atoms with Crippen LogP contribution in [-0.2, 0) is 0 Å². The van der Waals surface area contributed by atoms with Crippen molar-refractivity contribution in [3.63, 3.8) is 0 Å². The first-order chi connectivity index (χ1) is 23.1. The fourth-order valence-corrected chi connectivity index (χ4v) is 10.6. The minimum Gasteiger partial charge on any atom is -0.0620 e. The van der Waals surface area contributed by atoms with Crippen LogP contribution in [0.15, 0.2) is 170 Å². The summed E-state index contributed by atoms with van der Waals surface area (Å²) in [6, 6.07) is 63.3. The van der Waals surface area contributed by atoms with E-state index >= 15 is 0 Å². The summed E-state index contributed by atoms with van der Waals surface area (Å²) in [6.45, 7) is 5.00. The van der Waals surface area contributed by atoms with Gasteiger partial charge in [-0.2, -0.15) is 0 Å². The fraction of sp³-hybridized carbons (Fsp3) is 0.0435.